The number of hydrogen-bond donors (Lipinski definition) is 4. The molecule has 0 aliphatic heterocycles. The van der Waals surface area contributed by atoms with Gasteiger partial charge in [-0.25, -0.2) is 4.79 Å². The number of anilines is 1. The Morgan fingerprint density at radius 1 is 1.47 bits per heavy atom. The molecule has 102 valence electrons. The van der Waals surface area contributed by atoms with Crippen LogP contribution in [0.25, 0.3) is 0 Å². The number of rotatable bonds is 6. The first-order valence-electron chi connectivity index (χ1n) is 5.06. The molecule has 0 aliphatic carbocycles. The van der Waals surface area contributed by atoms with Gasteiger partial charge in [0.2, 0.25) is 5.91 Å². The van der Waals surface area contributed by atoms with E-state index in [9.17, 15) is 24.8 Å². The fourth-order valence-corrected chi connectivity index (χ4v) is 1.36. The Hall–Kier alpha value is -2.68. The molecular weight excluding hydrogens is 258 g/mol. The second-order valence-electron chi connectivity index (χ2n) is 3.56. The first-order chi connectivity index (χ1) is 8.84. The normalized spacial score (nSPS) is 11.6. The minimum absolute atomic E-state index is 0.120. The number of nitrogens with two attached hydrogens (primary N) is 1. The molecule has 1 amide bonds. The maximum Gasteiger partial charge on any atom is 0.342 e. The Labute approximate surface area is 106 Å². The van der Waals surface area contributed by atoms with Crippen molar-refractivity contribution in [2.24, 2.45) is 5.73 Å². The Morgan fingerprint density at radius 2 is 2.11 bits per heavy atom. The number of benzene rings is 1. The van der Waals surface area contributed by atoms with Crippen molar-refractivity contribution in [3.8, 4) is 0 Å². The summed E-state index contributed by atoms with van der Waals surface area (Å²) in [5.41, 5.74) is 3.56. The minimum Gasteiger partial charge on any atom is -0.477 e. The van der Waals surface area contributed by atoms with Gasteiger partial charge in [0.25, 0.3) is 0 Å². The van der Waals surface area contributed by atoms with E-state index in [1.807, 2.05) is 0 Å². The van der Waals surface area contributed by atoms with Crippen LogP contribution in [-0.4, -0.2) is 39.7 Å². The molecule has 0 aromatic heterocycles. The van der Waals surface area contributed by atoms with Gasteiger partial charge in [-0.2, -0.15) is 0 Å². The number of carboxylic acids is 1. The van der Waals surface area contributed by atoms with Crippen molar-refractivity contribution < 1.29 is 24.7 Å². The van der Waals surface area contributed by atoms with Gasteiger partial charge in [0.15, 0.2) is 0 Å². The highest BCUT2D eigenvalue weighted by Gasteiger charge is 2.24. The second kappa shape index (κ2) is 5.78. The largest absolute Gasteiger partial charge is 0.477 e. The van der Waals surface area contributed by atoms with Crippen LogP contribution in [-0.2, 0) is 4.79 Å². The molecule has 0 radical (unpaired) electrons. The van der Waals surface area contributed by atoms with Crippen LogP contribution in [0.3, 0.4) is 0 Å². The molecule has 1 atom stereocenters. The molecule has 0 bridgehead atoms. The maximum atomic E-state index is 10.9. The fraction of sp³-hybridized carbons (Fsp3) is 0.200. The third-order valence-electron chi connectivity index (χ3n) is 2.26. The summed E-state index contributed by atoms with van der Waals surface area (Å²) in [6, 6.07) is 3.64. The first kappa shape index (κ1) is 14.4. The lowest BCUT2D eigenvalue weighted by molar-refractivity contribution is -0.384. The van der Waals surface area contributed by atoms with Crippen molar-refractivity contribution in [3.05, 3.63) is 33.9 Å². The Balaban J connectivity index is 3.07. The topological polar surface area (TPSA) is 156 Å². The van der Waals surface area contributed by atoms with Gasteiger partial charge >= 0.3 is 11.7 Å². The molecule has 0 aliphatic rings. The molecule has 1 aromatic carbocycles. The summed E-state index contributed by atoms with van der Waals surface area (Å²) in [5.74, 6) is -2.45. The third kappa shape index (κ3) is 3.39. The fourth-order valence-electron chi connectivity index (χ4n) is 1.36. The van der Waals surface area contributed by atoms with E-state index in [1.165, 1.54) is 12.1 Å². The lowest BCUT2D eigenvalue weighted by Crippen LogP contribution is -2.34. The molecule has 5 N–H and O–H groups in total. The van der Waals surface area contributed by atoms with Gasteiger partial charge in [-0.3, -0.25) is 14.9 Å². The number of aromatic carboxylic acids is 1. The zero-order valence-corrected chi connectivity index (χ0v) is 9.57. The van der Waals surface area contributed by atoms with E-state index in [0.29, 0.717) is 0 Å². The SMILES string of the molecule is NC(=O)C(O)CNc1cccc(C(=O)O)c1[N+](=O)[O-]. The molecule has 0 spiro atoms. The van der Waals surface area contributed by atoms with Gasteiger partial charge in [0.1, 0.15) is 17.4 Å². The predicted molar refractivity (Wildman–Crippen MR) is 63.7 cm³/mol. The molecule has 1 unspecified atom stereocenters. The number of carbonyl (C=O) groups excluding carboxylic acids is 1. The van der Waals surface area contributed by atoms with Gasteiger partial charge in [0.05, 0.1) is 11.5 Å². The van der Waals surface area contributed by atoms with Crippen LogP contribution in [0, 0.1) is 10.1 Å². The monoisotopic (exact) mass is 269 g/mol. The van der Waals surface area contributed by atoms with E-state index in [2.05, 4.69) is 5.32 Å². The number of aliphatic hydroxyl groups excluding tert-OH is 1. The number of nitro groups is 1. The average molecular weight is 269 g/mol. The van der Waals surface area contributed by atoms with E-state index < -0.39 is 34.2 Å². The van der Waals surface area contributed by atoms with Gasteiger partial charge in [0, 0.05) is 0 Å². The van der Waals surface area contributed by atoms with E-state index in [4.69, 9.17) is 10.8 Å². The summed E-state index contributed by atoms with van der Waals surface area (Å²) >= 11 is 0. The molecule has 0 fully saturated rings. The second-order valence-corrected chi connectivity index (χ2v) is 3.56. The van der Waals surface area contributed by atoms with Gasteiger partial charge < -0.3 is 21.3 Å². The summed E-state index contributed by atoms with van der Waals surface area (Å²) in [6.07, 6.45) is -1.53. The van der Waals surface area contributed by atoms with Gasteiger partial charge in [-0.05, 0) is 12.1 Å². The summed E-state index contributed by atoms with van der Waals surface area (Å²) in [4.78, 5) is 31.5. The molecule has 0 heterocycles. The van der Waals surface area contributed by atoms with Gasteiger partial charge in [-0.15, -0.1) is 0 Å². The van der Waals surface area contributed by atoms with E-state index >= 15 is 0 Å². The maximum absolute atomic E-state index is 10.9. The molecule has 1 rings (SSSR count). The van der Waals surface area contributed by atoms with Crippen LogP contribution < -0.4 is 11.1 Å². The number of nitro benzene ring substituents is 1. The Morgan fingerprint density at radius 3 is 2.58 bits per heavy atom. The summed E-state index contributed by atoms with van der Waals surface area (Å²) in [7, 11) is 0. The number of nitrogens with zero attached hydrogens (tertiary/aromatic N) is 1. The van der Waals surface area contributed by atoms with Crippen molar-refractivity contribution in [1.29, 1.82) is 0 Å². The molecule has 0 saturated heterocycles. The molecular formula is C10H11N3O6. The average Bonchev–Trinajstić information content (AvgIpc) is 2.34. The number of carboxylic acid groups (broad SMARTS) is 1. The molecule has 9 heteroatoms. The third-order valence-corrected chi connectivity index (χ3v) is 2.26. The van der Waals surface area contributed by atoms with Crippen molar-refractivity contribution in [2.45, 2.75) is 6.10 Å². The van der Waals surface area contributed by atoms with Crippen LogP contribution in [0.5, 0.6) is 0 Å². The molecule has 0 saturated carbocycles. The smallest absolute Gasteiger partial charge is 0.342 e. The van der Waals surface area contributed by atoms with Crippen molar-refractivity contribution >= 4 is 23.3 Å². The summed E-state index contributed by atoms with van der Waals surface area (Å²) in [6.45, 7) is -0.362. The molecule has 19 heavy (non-hydrogen) atoms. The highest BCUT2D eigenvalue weighted by molar-refractivity contribution is 5.95. The number of hydrogen-bond acceptors (Lipinski definition) is 6. The van der Waals surface area contributed by atoms with Crippen molar-refractivity contribution in [2.75, 3.05) is 11.9 Å². The highest BCUT2D eigenvalue weighted by atomic mass is 16.6. The predicted octanol–water partition coefficient (Wildman–Crippen LogP) is -0.449. The Bertz CT molecular complexity index is 530. The van der Waals surface area contributed by atoms with Crippen LogP contribution in [0.1, 0.15) is 10.4 Å². The van der Waals surface area contributed by atoms with Gasteiger partial charge in [-0.1, -0.05) is 6.07 Å². The van der Waals surface area contributed by atoms with E-state index in [0.717, 1.165) is 6.07 Å². The summed E-state index contributed by atoms with van der Waals surface area (Å²) in [5, 5.41) is 31.3. The molecule has 1 aromatic rings. The number of nitrogens with one attached hydrogen (secondary N) is 1. The number of primary amides is 1. The Kier molecular flexibility index (Phi) is 4.37. The van der Waals surface area contributed by atoms with Crippen LogP contribution in [0.15, 0.2) is 18.2 Å². The zero-order valence-electron chi connectivity index (χ0n) is 9.57. The van der Waals surface area contributed by atoms with Crippen LogP contribution in [0.4, 0.5) is 11.4 Å². The first-order valence-corrected chi connectivity index (χ1v) is 5.06. The van der Waals surface area contributed by atoms with Crippen molar-refractivity contribution in [3.63, 3.8) is 0 Å². The standard InChI is InChI=1S/C10H11N3O6/c11-9(15)7(14)4-12-6-3-1-2-5(10(16)17)8(6)13(18)19/h1-3,7,12,14H,4H2,(H2,11,15)(H,16,17). The number of carbonyl (C=O) groups is 2. The van der Waals surface area contributed by atoms with Crippen LogP contribution >= 0.6 is 0 Å². The zero-order chi connectivity index (χ0) is 14.6. The van der Waals surface area contributed by atoms with E-state index in [1.54, 1.807) is 0 Å². The number of para-hydroxylation sites is 1. The van der Waals surface area contributed by atoms with Crippen molar-refractivity contribution in [1.82, 2.24) is 0 Å². The number of aliphatic hydroxyl groups is 1. The minimum atomic E-state index is -1.53. The lowest BCUT2D eigenvalue weighted by atomic mass is 10.1. The highest BCUT2D eigenvalue weighted by Crippen LogP contribution is 2.28. The van der Waals surface area contributed by atoms with E-state index in [-0.39, 0.29) is 12.2 Å². The lowest BCUT2D eigenvalue weighted by Gasteiger charge is -2.10. The molecule has 9 nitrogen and oxygen atoms in total. The van der Waals surface area contributed by atoms with Crippen LogP contribution in [0.2, 0.25) is 0 Å². The summed E-state index contributed by atoms with van der Waals surface area (Å²) < 4.78 is 0. The quantitative estimate of drug-likeness (QED) is 0.402. The number of amides is 1.